The lowest BCUT2D eigenvalue weighted by molar-refractivity contribution is -0.0221. The first kappa shape index (κ1) is 10.3. The second-order valence-electron chi connectivity index (χ2n) is 3.26. The van der Waals surface area contributed by atoms with Gasteiger partial charge in [0.25, 0.3) is 0 Å². The fourth-order valence-corrected chi connectivity index (χ4v) is 1.85. The second-order valence-corrected chi connectivity index (χ2v) is 3.75. The van der Waals surface area contributed by atoms with Gasteiger partial charge in [0.05, 0.1) is 12.7 Å². The molecule has 0 aliphatic heterocycles. The Kier molecular flexibility index (Phi) is 4.96. The van der Waals surface area contributed by atoms with Crippen molar-refractivity contribution in [2.24, 2.45) is 0 Å². The highest BCUT2D eigenvalue weighted by molar-refractivity contribution is 6.19. The minimum absolute atomic E-state index is 0.266. The van der Waals surface area contributed by atoms with Crippen molar-refractivity contribution in [3.05, 3.63) is 0 Å². The number of methoxy groups -OCH3 is 1. The lowest BCUT2D eigenvalue weighted by Crippen LogP contribution is -2.23. The number of alkyl halides is 1. The van der Waals surface area contributed by atoms with E-state index in [1.54, 1.807) is 7.11 Å². The average Bonchev–Trinajstić information content (AvgIpc) is 2.06. The van der Waals surface area contributed by atoms with E-state index >= 15 is 0 Å². The zero-order valence-electron chi connectivity index (χ0n) is 7.59. The molecule has 0 amide bonds. The standard InChI is InChI=1S/C9H17ClO2/c1-11-7-9(10)12-8-5-3-2-4-6-8/h8-9H,2-7H2,1H3. The van der Waals surface area contributed by atoms with Gasteiger partial charge in [-0.1, -0.05) is 30.9 Å². The summed E-state index contributed by atoms with van der Waals surface area (Å²) in [5.74, 6) is 0. The van der Waals surface area contributed by atoms with Crippen molar-refractivity contribution >= 4 is 11.6 Å². The highest BCUT2D eigenvalue weighted by atomic mass is 35.5. The van der Waals surface area contributed by atoms with Gasteiger partial charge in [0.15, 0.2) is 5.56 Å². The summed E-state index contributed by atoms with van der Waals surface area (Å²) < 4.78 is 10.5. The lowest BCUT2D eigenvalue weighted by Gasteiger charge is -2.24. The topological polar surface area (TPSA) is 18.5 Å². The molecule has 1 aliphatic carbocycles. The first-order valence-electron chi connectivity index (χ1n) is 4.61. The molecule has 0 heterocycles. The molecule has 0 spiro atoms. The Balaban J connectivity index is 2.11. The molecule has 1 aliphatic rings. The van der Waals surface area contributed by atoms with Crippen molar-refractivity contribution in [2.75, 3.05) is 13.7 Å². The van der Waals surface area contributed by atoms with Crippen molar-refractivity contribution in [3.8, 4) is 0 Å². The molecular formula is C9H17ClO2. The SMILES string of the molecule is COCC(Cl)OC1CCCCC1. The molecule has 3 heteroatoms. The van der Waals surface area contributed by atoms with Crippen LogP contribution in [0.3, 0.4) is 0 Å². The molecule has 1 fully saturated rings. The van der Waals surface area contributed by atoms with E-state index in [4.69, 9.17) is 21.1 Å². The third-order valence-electron chi connectivity index (χ3n) is 2.19. The lowest BCUT2D eigenvalue weighted by atomic mass is 9.98. The van der Waals surface area contributed by atoms with Gasteiger partial charge in [-0.25, -0.2) is 0 Å². The molecule has 72 valence electrons. The van der Waals surface area contributed by atoms with Crippen molar-refractivity contribution in [2.45, 2.75) is 43.8 Å². The van der Waals surface area contributed by atoms with Crippen molar-refractivity contribution in [1.29, 1.82) is 0 Å². The summed E-state index contributed by atoms with van der Waals surface area (Å²) in [6.45, 7) is 0.484. The van der Waals surface area contributed by atoms with Gasteiger partial charge in [-0.2, -0.15) is 0 Å². The van der Waals surface area contributed by atoms with Crippen molar-refractivity contribution < 1.29 is 9.47 Å². The maximum absolute atomic E-state index is 5.87. The quantitative estimate of drug-likeness (QED) is 0.638. The first-order valence-corrected chi connectivity index (χ1v) is 5.05. The Hall–Kier alpha value is 0.210. The van der Waals surface area contributed by atoms with Crippen LogP contribution in [0.1, 0.15) is 32.1 Å². The molecule has 0 aromatic rings. The molecule has 0 aromatic heterocycles. The monoisotopic (exact) mass is 192 g/mol. The molecular weight excluding hydrogens is 176 g/mol. The minimum Gasteiger partial charge on any atom is -0.381 e. The van der Waals surface area contributed by atoms with Crippen LogP contribution in [0.15, 0.2) is 0 Å². The Morgan fingerprint density at radius 2 is 2.00 bits per heavy atom. The zero-order chi connectivity index (χ0) is 8.81. The summed E-state index contributed by atoms with van der Waals surface area (Å²) in [7, 11) is 1.64. The van der Waals surface area contributed by atoms with Crippen molar-refractivity contribution in [3.63, 3.8) is 0 Å². The highest BCUT2D eigenvalue weighted by Crippen LogP contribution is 2.22. The Morgan fingerprint density at radius 1 is 1.33 bits per heavy atom. The summed E-state index contributed by atoms with van der Waals surface area (Å²) in [6.07, 6.45) is 6.59. The van der Waals surface area contributed by atoms with Crippen LogP contribution in [0, 0.1) is 0 Å². The molecule has 2 nitrogen and oxygen atoms in total. The van der Waals surface area contributed by atoms with E-state index in [0.717, 1.165) is 12.8 Å². The zero-order valence-corrected chi connectivity index (χ0v) is 8.35. The largest absolute Gasteiger partial charge is 0.381 e. The van der Waals surface area contributed by atoms with Gasteiger partial charge >= 0.3 is 0 Å². The fourth-order valence-electron chi connectivity index (χ4n) is 1.58. The molecule has 1 unspecified atom stereocenters. The summed E-state index contributed by atoms with van der Waals surface area (Å²) >= 11 is 5.87. The Bertz CT molecular complexity index is 113. The molecule has 0 N–H and O–H groups in total. The summed E-state index contributed by atoms with van der Waals surface area (Å²) in [4.78, 5) is 0. The van der Waals surface area contributed by atoms with Gasteiger partial charge in [0.1, 0.15) is 0 Å². The van der Waals surface area contributed by atoms with E-state index < -0.39 is 0 Å². The molecule has 0 aromatic carbocycles. The van der Waals surface area contributed by atoms with E-state index in [1.807, 2.05) is 0 Å². The predicted octanol–water partition coefficient (Wildman–Crippen LogP) is 2.55. The number of rotatable bonds is 4. The van der Waals surface area contributed by atoms with Crippen molar-refractivity contribution in [1.82, 2.24) is 0 Å². The molecule has 12 heavy (non-hydrogen) atoms. The van der Waals surface area contributed by atoms with Crippen LogP contribution in [-0.4, -0.2) is 25.4 Å². The number of ether oxygens (including phenoxy) is 2. The van der Waals surface area contributed by atoms with Crippen LogP contribution in [0.2, 0.25) is 0 Å². The van der Waals surface area contributed by atoms with E-state index in [1.165, 1.54) is 19.3 Å². The van der Waals surface area contributed by atoms with E-state index in [-0.39, 0.29) is 5.56 Å². The molecule has 1 rings (SSSR count). The van der Waals surface area contributed by atoms with Gasteiger partial charge in [0, 0.05) is 7.11 Å². The van der Waals surface area contributed by atoms with Crippen LogP contribution in [0.25, 0.3) is 0 Å². The van der Waals surface area contributed by atoms with E-state index in [9.17, 15) is 0 Å². The number of hydrogen-bond donors (Lipinski definition) is 0. The smallest absolute Gasteiger partial charge is 0.154 e. The van der Waals surface area contributed by atoms with E-state index in [0.29, 0.717) is 12.7 Å². The number of halogens is 1. The molecule has 0 radical (unpaired) electrons. The van der Waals surface area contributed by atoms with Gasteiger partial charge in [-0.15, -0.1) is 0 Å². The first-order chi connectivity index (χ1) is 5.83. The van der Waals surface area contributed by atoms with E-state index in [2.05, 4.69) is 0 Å². The fraction of sp³-hybridized carbons (Fsp3) is 1.00. The summed E-state index contributed by atoms with van der Waals surface area (Å²) in [6, 6.07) is 0. The Labute approximate surface area is 79.2 Å². The van der Waals surface area contributed by atoms with Gasteiger partial charge in [-0.3, -0.25) is 0 Å². The average molecular weight is 193 g/mol. The van der Waals surface area contributed by atoms with Crippen LogP contribution >= 0.6 is 11.6 Å². The molecule has 0 saturated heterocycles. The van der Waals surface area contributed by atoms with Gasteiger partial charge in [-0.05, 0) is 12.8 Å². The van der Waals surface area contributed by atoms with Crippen LogP contribution < -0.4 is 0 Å². The molecule has 1 atom stereocenters. The third-order valence-corrected chi connectivity index (χ3v) is 2.42. The maximum Gasteiger partial charge on any atom is 0.154 e. The third kappa shape index (κ3) is 3.74. The van der Waals surface area contributed by atoms with Gasteiger partial charge < -0.3 is 9.47 Å². The number of hydrogen-bond acceptors (Lipinski definition) is 2. The highest BCUT2D eigenvalue weighted by Gasteiger charge is 2.17. The normalized spacial score (nSPS) is 22.5. The minimum atomic E-state index is -0.266. The summed E-state index contributed by atoms with van der Waals surface area (Å²) in [5.41, 5.74) is -0.266. The van der Waals surface area contributed by atoms with Crippen LogP contribution in [0.5, 0.6) is 0 Å². The second kappa shape index (κ2) is 5.79. The van der Waals surface area contributed by atoms with Crippen LogP contribution in [0.4, 0.5) is 0 Å². The predicted molar refractivity (Wildman–Crippen MR) is 49.5 cm³/mol. The molecule has 0 bridgehead atoms. The summed E-state index contributed by atoms with van der Waals surface area (Å²) in [5, 5.41) is 0. The molecule has 1 saturated carbocycles. The maximum atomic E-state index is 5.87. The van der Waals surface area contributed by atoms with Gasteiger partial charge in [0.2, 0.25) is 0 Å². The van der Waals surface area contributed by atoms with Crippen LogP contribution in [-0.2, 0) is 9.47 Å². The Morgan fingerprint density at radius 3 is 2.58 bits per heavy atom.